The molecule has 0 bridgehead atoms. The minimum Gasteiger partial charge on any atom is -0.493 e. The lowest BCUT2D eigenvalue weighted by atomic mass is 10.1. The fourth-order valence-electron chi connectivity index (χ4n) is 2.23. The summed E-state index contributed by atoms with van der Waals surface area (Å²) in [6, 6.07) is 3.51. The Hall–Kier alpha value is -1.77. The molecule has 1 aromatic rings. The fraction of sp³-hybridized carbons (Fsp3) is 0.444. The number of methoxy groups -OCH3 is 1. The van der Waals surface area contributed by atoms with E-state index in [0.29, 0.717) is 23.7 Å². The van der Waals surface area contributed by atoms with Gasteiger partial charge in [-0.1, -0.05) is 13.3 Å². The van der Waals surface area contributed by atoms with E-state index in [2.05, 4.69) is 29.5 Å². The molecule has 1 saturated heterocycles. The first kappa shape index (κ1) is 19.6. The van der Waals surface area contributed by atoms with Gasteiger partial charge >= 0.3 is 11.9 Å². The minimum atomic E-state index is -1.26. The second kappa shape index (κ2) is 8.07. The first-order valence-electron chi connectivity index (χ1n) is 7.96. The Morgan fingerprint density at radius 3 is 2.40 bits per heavy atom. The lowest BCUT2D eigenvalue weighted by Crippen LogP contribution is -2.41. The molecule has 25 heavy (non-hydrogen) atoms. The second-order valence-electron chi connectivity index (χ2n) is 5.97. The van der Waals surface area contributed by atoms with Crippen molar-refractivity contribution in [2.75, 3.05) is 13.7 Å². The first-order valence-corrected chi connectivity index (χ1v) is 9.04. The molecule has 0 saturated carbocycles. The van der Waals surface area contributed by atoms with Gasteiger partial charge in [-0.2, -0.15) is 0 Å². The lowest BCUT2D eigenvalue weighted by molar-refractivity contribution is -0.222. The van der Waals surface area contributed by atoms with Crippen LogP contribution in [-0.4, -0.2) is 31.4 Å². The van der Waals surface area contributed by atoms with Crippen LogP contribution in [0.25, 0.3) is 6.08 Å². The molecular weight excluding hydrogens is 439 g/mol. The van der Waals surface area contributed by atoms with E-state index < -0.39 is 17.7 Å². The van der Waals surface area contributed by atoms with Gasteiger partial charge in [-0.25, -0.2) is 9.59 Å². The number of carbonyl (C=O) groups is 2. The molecule has 1 heterocycles. The molecule has 1 fully saturated rings. The molecule has 0 amide bonds. The summed E-state index contributed by atoms with van der Waals surface area (Å²) in [6.07, 6.45) is 3.41. The van der Waals surface area contributed by atoms with Crippen LogP contribution in [0.5, 0.6) is 11.5 Å². The highest BCUT2D eigenvalue weighted by molar-refractivity contribution is 14.1. The molecule has 0 aromatic heterocycles. The van der Waals surface area contributed by atoms with Gasteiger partial charge in [-0.15, -0.1) is 0 Å². The van der Waals surface area contributed by atoms with E-state index in [-0.39, 0.29) is 5.57 Å². The molecular formula is C18H21IO6. The van der Waals surface area contributed by atoms with Crippen LogP contribution < -0.4 is 9.47 Å². The maximum absolute atomic E-state index is 12.1. The molecule has 0 spiro atoms. The number of carbonyl (C=O) groups excluding carboxylic acids is 2. The largest absolute Gasteiger partial charge is 0.493 e. The number of hydrogen-bond donors (Lipinski definition) is 0. The second-order valence-corrected chi connectivity index (χ2v) is 7.14. The van der Waals surface area contributed by atoms with Crippen LogP contribution in [0.3, 0.4) is 0 Å². The Balaban J connectivity index is 2.32. The molecule has 0 aliphatic carbocycles. The van der Waals surface area contributed by atoms with Gasteiger partial charge in [0.05, 0.1) is 17.3 Å². The Morgan fingerprint density at radius 1 is 1.20 bits per heavy atom. The van der Waals surface area contributed by atoms with Crippen LogP contribution in [0.15, 0.2) is 17.7 Å². The third kappa shape index (κ3) is 4.87. The van der Waals surface area contributed by atoms with Gasteiger partial charge in [0.15, 0.2) is 11.5 Å². The fourth-order valence-corrected chi connectivity index (χ4v) is 3.01. The topological polar surface area (TPSA) is 71.1 Å². The molecule has 1 aliphatic heterocycles. The van der Waals surface area contributed by atoms with E-state index >= 15 is 0 Å². The zero-order valence-electron chi connectivity index (χ0n) is 14.7. The van der Waals surface area contributed by atoms with Gasteiger partial charge in [-0.3, -0.25) is 0 Å². The van der Waals surface area contributed by atoms with Crippen LogP contribution >= 0.6 is 22.6 Å². The molecule has 1 aliphatic rings. The maximum Gasteiger partial charge on any atom is 0.348 e. The summed E-state index contributed by atoms with van der Waals surface area (Å²) >= 11 is 2.13. The van der Waals surface area contributed by atoms with Crippen LogP contribution in [0, 0.1) is 3.57 Å². The summed E-state index contributed by atoms with van der Waals surface area (Å²) in [4.78, 5) is 24.1. The summed E-state index contributed by atoms with van der Waals surface area (Å²) in [5.74, 6) is -1.49. The zero-order chi connectivity index (χ0) is 18.6. The van der Waals surface area contributed by atoms with E-state index in [0.717, 1.165) is 16.4 Å². The maximum atomic E-state index is 12.1. The van der Waals surface area contributed by atoms with Crippen molar-refractivity contribution in [3.63, 3.8) is 0 Å². The Labute approximate surface area is 160 Å². The molecule has 136 valence electrons. The SMILES string of the molecule is CCCCOc1c(I)cc(C=C2C(=O)OC(C)(C)OC2=O)cc1OC. The van der Waals surface area contributed by atoms with E-state index in [1.165, 1.54) is 19.9 Å². The normalized spacial score (nSPS) is 16.1. The number of hydrogen-bond acceptors (Lipinski definition) is 6. The molecule has 1 aromatic carbocycles. The van der Waals surface area contributed by atoms with Crippen LogP contribution in [-0.2, 0) is 19.1 Å². The van der Waals surface area contributed by atoms with Crippen molar-refractivity contribution in [2.45, 2.75) is 39.4 Å². The minimum absolute atomic E-state index is 0.156. The summed E-state index contributed by atoms with van der Waals surface area (Å²) in [5.41, 5.74) is 0.463. The van der Waals surface area contributed by atoms with E-state index in [1.54, 1.807) is 19.2 Å². The lowest BCUT2D eigenvalue weighted by Gasteiger charge is -2.29. The highest BCUT2D eigenvalue weighted by Crippen LogP contribution is 2.35. The monoisotopic (exact) mass is 460 g/mol. The van der Waals surface area contributed by atoms with Gasteiger partial charge < -0.3 is 18.9 Å². The number of benzene rings is 1. The molecule has 7 heteroatoms. The van der Waals surface area contributed by atoms with Gasteiger partial charge in [0, 0.05) is 13.8 Å². The Morgan fingerprint density at radius 2 is 1.84 bits per heavy atom. The number of ether oxygens (including phenoxy) is 4. The van der Waals surface area contributed by atoms with Gasteiger partial charge in [0.2, 0.25) is 0 Å². The third-order valence-corrected chi connectivity index (χ3v) is 4.23. The van der Waals surface area contributed by atoms with Gasteiger partial charge in [0.25, 0.3) is 5.79 Å². The van der Waals surface area contributed by atoms with Crippen LogP contribution in [0.4, 0.5) is 0 Å². The van der Waals surface area contributed by atoms with E-state index in [4.69, 9.17) is 18.9 Å². The van der Waals surface area contributed by atoms with Crippen molar-refractivity contribution in [1.29, 1.82) is 0 Å². The standard InChI is InChI=1S/C18H21IO6/c1-5-6-7-23-15-13(19)9-11(10-14(15)22-4)8-12-16(20)24-18(2,3)25-17(12)21/h8-10H,5-7H2,1-4H3. The average molecular weight is 460 g/mol. The van der Waals surface area contributed by atoms with Crippen LogP contribution in [0.2, 0.25) is 0 Å². The smallest absolute Gasteiger partial charge is 0.348 e. The summed E-state index contributed by atoms with van der Waals surface area (Å²) in [7, 11) is 1.54. The molecule has 0 unspecified atom stereocenters. The first-order chi connectivity index (χ1) is 11.8. The van der Waals surface area contributed by atoms with Crippen molar-refractivity contribution >= 4 is 40.6 Å². The van der Waals surface area contributed by atoms with Crippen molar-refractivity contribution in [1.82, 2.24) is 0 Å². The number of halogens is 1. The third-order valence-electron chi connectivity index (χ3n) is 3.42. The quantitative estimate of drug-likeness (QED) is 0.212. The van der Waals surface area contributed by atoms with Crippen molar-refractivity contribution in [2.24, 2.45) is 0 Å². The number of unbranched alkanes of at least 4 members (excludes halogenated alkanes) is 1. The molecule has 2 rings (SSSR count). The Kier molecular flexibility index (Phi) is 6.31. The van der Waals surface area contributed by atoms with Gasteiger partial charge in [0.1, 0.15) is 5.57 Å². The predicted octanol–water partition coefficient (Wildman–Crippen LogP) is 3.70. The van der Waals surface area contributed by atoms with E-state index in [1.807, 2.05) is 0 Å². The zero-order valence-corrected chi connectivity index (χ0v) is 16.8. The number of cyclic esters (lactones) is 2. The average Bonchev–Trinajstić information content (AvgIpc) is 2.51. The van der Waals surface area contributed by atoms with Crippen molar-refractivity contribution in [3.8, 4) is 11.5 Å². The summed E-state index contributed by atoms with van der Waals surface area (Å²) in [6.45, 7) is 5.70. The molecule has 0 N–H and O–H groups in total. The highest BCUT2D eigenvalue weighted by Gasteiger charge is 2.38. The van der Waals surface area contributed by atoms with Crippen molar-refractivity contribution in [3.05, 3.63) is 26.8 Å². The summed E-state index contributed by atoms with van der Waals surface area (Å²) in [5, 5.41) is 0. The highest BCUT2D eigenvalue weighted by atomic mass is 127. The molecule has 6 nitrogen and oxygen atoms in total. The molecule has 0 atom stereocenters. The summed E-state index contributed by atoms with van der Waals surface area (Å²) < 4.78 is 22.2. The molecule has 0 radical (unpaired) electrons. The van der Waals surface area contributed by atoms with Gasteiger partial charge in [-0.05, 0) is 52.8 Å². The number of esters is 2. The van der Waals surface area contributed by atoms with E-state index in [9.17, 15) is 9.59 Å². The number of rotatable bonds is 6. The van der Waals surface area contributed by atoms with Crippen LogP contribution in [0.1, 0.15) is 39.2 Å². The Bertz CT molecular complexity index is 686. The van der Waals surface area contributed by atoms with Crippen molar-refractivity contribution < 1.29 is 28.5 Å². The predicted molar refractivity (Wildman–Crippen MR) is 100 cm³/mol.